The highest BCUT2D eigenvalue weighted by Gasteiger charge is 2.15. The lowest BCUT2D eigenvalue weighted by Crippen LogP contribution is -2.19. The Kier molecular flexibility index (Phi) is 7.70. The Hall–Kier alpha value is -3.94. The molecule has 34 heavy (non-hydrogen) atoms. The van der Waals surface area contributed by atoms with Gasteiger partial charge in [0.05, 0.1) is 44.6 Å². The molecule has 1 fully saturated rings. The fourth-order valence-corrected chi connectivity index (χ4v) is 3.82. The van der Waals surface area contributed by atoms with Crippen molar-refractivity contribution >= 4 is 12.1 Å². The molecule has 1 heterocycles. The van der Waals surface area contributed by atoms with Crippen LogP contribution in [0.2, 0.25) is 0 Å². The van der Waals surface area contributed by atoms with Crippen molar-refractivity contribution in [2.24, 2.45) is 5.10 Å². The quantitative estimate of drug-likeness (QED) is 0.389. The number of amides is 1. The van der Waals surface area contributed by atoms with Gasteiger partial charge in [0.1, 0.15) is 22.9 Å². The van der Waals surface area contributed by atoms with Gasteiger partial charge in [-0.1, -0.05) is 6.42 Å². The van der Waals surface area contributed by atoms with Gasteiger partial charge in [-0.15, -0.1) is 0 Å². The molecule has 1 aromatic heterocycles. The van der Waals surface area contributed by atoms with E-state index < -0.39 is 5.91 Å². The van der Waals surface area contributed by atoms with E-state index in [0.29, 0.717) is 28.9 Å². The third kappa shape index (κ3) is 6.10. The zero-order chi connectivity index (χ0) is 23.8. The van der Waals surface area contributed by atoms with Gasteiger partial charge in [0, 0.05) is 17.2 Å². The molecular formula is C26H28N4O4. The smallest absolute Gasteiger partial charge is 0.291 e. The second kappa shape index (κ2) is 11.3. The van der Waals surface area contributed by atoms with E-state index in [-0.39, 0.29) is 5.69 Å². The van der Waals surface area contributed by atoms with E-state index in [9.17, 15) is 4.79 Å². The second-order valence-corrected chi connectivity index (χ2v) is 8.04. The minimum absolute atomic E-state index is 0.167. The maximum atomic E-state index is 12.5. The number of benzene rings is 2. The predicted octanol–water partition coefficient (Wildman–Crippen LogP) is 4.64. The van der Waals surface area contributed by atoms with Crippen LogP contribution in [0.3, 0.4) is 0 Å². The van der Waals surface area contributed by atoms with Crippen molar-refractivity contribution in [1.29, 1.82) is 0 Å². The summed E-state index contributed by atoms with van der Waals surface area (Å²) in [6.45, 7) is 0. The third-order valence-corrected chi connectivity index (χ3v) is 5.63. The van der Waals surface area contributed by atoms with Crippen LogP contribution in [0.5, 0.6) is 17.2 Å². The summed E-state index contributed by atoms with van der Waals surface area (Å²) in [6, 6.07) is 13.0. The van der Waals surface area contributed by atoms with Crippen LogP contribution >= 0.6 is 0 Å². The van der Waals surface area contributed by atoms with E-state index in [0.717, 1.165) is 24.2 Å². The molecule has 2 aromatic carbocycles. The van der Waals surface area contributed by atoms with Gasteiger partial charge in [0.2, 0.25) is 0 Å². The fourth-order valence-electron chi connectivity index (χ4n) is 3.82. The van der Waals surface area contributed by atoms with Crippen molar-refractivity contribution in [2.75, 3.05) is 14.2 Å². The van der Waals surface area contributed by atoms with Gasteiger partial charge in [-0.3, -0.25) is 9.78 Å². The molecule has 1 saturated carbocycles. The Morgan fingerprint density at radius 2 is 1.68 bits per heavy atom. The molecule has 0 spiro atoms. The Morgan fingerprint density at radius 3 is 2.35 bits per heavy atom. The molecule has 1 N–H and O–H groups in total. The molecule has 0 aliphatic heterocycles. The van der Waals surface area contributed by atoms with Gasteiger partial charge in [-0.2, -0.15) is 5.10 Å². The summed E-state index contributed by atoms with van der Waals surface area (Å²) in [6.07, 6.45) is 10.8. The number of carbonyl (C=O) groups excluding carboxylic acids is 1. The summed E-state index contributed by atoms with van der Waals surface area (Å²) in [5.41, 5.74) is 4.81. The maximum Gasteiger partial charge on any atom is 0.291 e. The zero-order valence-electron chi connectivity index (χ0n) is 19.4. The topological polar surface area (TPSA) is 94.9 Å². The minimum atomic E-state index is -0.460. The lowest BCUT2D eigenvalue weighted by atomic mass is 9.98. The normalized spacial score (nSPS) is 14.1. The minimum Gasteiger partial charge on any atom is -0.497 e. The van der Waals surface area contributed by atoms with Crippen molar-refractivity contribution in [3.05, 3.63) is 66.1 Å². The van der Waals surface area contributed by atoms with Crippen LogP contribution in [0.25, 0.3) is 11.3 Å². The average Bonchev–Trinajstić information content (AvgIpc) is 2.89. The van der Waals surface area contributed by atoms with E-state index in [1.165, 1.54) is 31.7 Å². The number of nitrogens with zero attached hydrogens (tertiary/aromatic N) is 3. The number of hydrazone groups is 1. The number of carbonyl (C=O) groups is 1. The van der Waals surface area contributed by atoms with Gasteiger partial charge in [-0.25, -0.2) is 10.4 Å². The van der Waals surface area contributed by atoms with Crippen molar-refractivity contribution in [1.82, 2.24) is 15.4 Å². The third-order valence-electron chi connectivity index (χ3n) is 5.63. The number of aromatic nitrogens is 2. The van der Waals surface area contributed by atoms with Gasteiger partial charge >= 0.3 is 0 Å². The maximum absolute atomic E-state index is 12.5. The van der Waals surface area contributed by atoms with Crippen LogP contribution in [0.1, 0.15) is 48.2 Å². The first-order valence-corrected chi connectivity index (χ1v) is 11.3. The molecule has 0 radical (unpaired) electrons. The second-order valence-electron chi connectivity index (χ2n) is 8.04. The monoisotopic (exact) mass is 460 g/mol. The van der Waals surface area contributed by atoms with Crippen LogP contribution < -0.4 is 19.6 Å². The molecular weight excluding hydrogens is 432 g/mol. The molecule has 0 atom stereocenters. The van der Waals surface area contributed by atoms with E-state index in [4.69, 9.17) is 14.2 Å². The SMILES string of the molecule is COc1cc(/C=N/NC(=O)c2cncc(-c3ccc(OC4CCCCC4)cc3)n2)cc(OC)c1. The fraction of sp³-hybridized carbons (Fsp3) is 0.308. The Bertz CT molecular complexity index is 1120. The molecule has 1 aliphatic carbocycles. The Morgan fingerprint density at radius 1 is 0.971 bits per heavy atom. The predicted molar refractivity (Wildman–Crippen MR) is 130 cm³/mol. The van der Waals surface area contributed by atoms with Gasteiger partial charge < -0.3 is 14.2 Å². The average molecular weight is 461 g/mol. The van der Waals surface area contributed by atoms with Crippen LogP contribution in [-0.4, -0.2) is 42.4 Å². The number of ether oxygens (including phenoxy) is 3. The molecule has 1 amide bonds. The highest BCUT2D eigenvalue weighted by Crippen LogP contribution is 2.26. The summed E-state index contributed by atoms with van der Waals surface area (Å²) in [5.74, 6) is 1.64. The summed E-state index contributed by atoms with van der Waals surface area (Å²) < 4.78 is 16.6. The van der Waals surface area contributed by atoms with E-state index >= 15 is 0 Å². The lowest BCUT2D eigenvalue weighted by molar-refractivity contribution is 0.0950. The van der Waals surface area contributed by atoms with Crippen molar-refractivity contribution in [2.45, 2.75) is 38.2 Å². The number of nitrogens with one attached hydrogen (secondary N) is 1. The Balaban J connectivity index is 1.40. The van der Waals surface area contributed by atoms with Gasteiger partial charge in [-0.05, 0) is 62.1 Å². The standard InChI is InChI=1S/C26H28N4O4/c1-32-22-12-18(13-23(14-22)33-2)15-28-30-26(31)25-17-27-16-24(29-25)19-8-10-21(11-9-19)34-20-6-4-3-5-7-20/h8-17,20H,3-7H2,1-2H3,(H,30,31)/b28-15+. The number of methoxy groups -OCH3 is 2. The van der Waals surface area contributed by atoms with Crippen LogP contribution in [0.15, 0.2) is 60.0 Å². The first-order valence-electron chi connectivity index (χ1n) is 11.3. The number of rotatable bonds is 8. The molecule has 1 aliphatic rings. The molecule has 176 valence electrons. The molecule has 8 nitrogen and oxygen atoms in total. The highest BCUT2D eigenvalue weighted by molar-refractivity contribution is 5.93. The Labute approximate surface area is 199 Å². The van der Waals surface area contributed by atoms with E-state index in [1.807, 2.05) is 24.3 Å². The van der Waals surface area contributed by atoms with E-state index in [1.54, 1.807) is 38.6 Å². The number of hydrogen-bond donors (Lipinski definition) is 1. The summed E-state index contributed by atoms with van der Waals surface area (Å²) in [5, 5.41) is 4.02. The van der Waals surface area contributed by atoms with E-state index in [2.05, 4.69) is 20.5 Å². The first-order chi connectivity index (χ1) is 16.6. The van der Waals surface area contributed by atoms with Crippen molar-refractivity contribution in [3.63, 3.8) is 0 Å². The molecule has 0 saturated heterocycles. The summed E-state index contributed by atoms with van der Waals surface area (Å²) >= 11 is 0. The number of hydrogen-bond acceptors (Lipinski definition) is 7. The van der Waals surface area contributed by atoms with Crippen LogP contribution in [0.4, 0.5) is 0 Å². The largest absolute Gasteiger partial charge is 0.497 e. The lowest BCUT2D eigenvalue weighted by Gasteiger charge is -2.23. The van der Waals surface area contributed by atoms with Crippen molar-refractivity contribution in [3.8, 4) is 28.5 Å². The first kappa shape index (κ1) is 23.2. The zero-order valence-corrected chi connectivity index (χ0v) is 19.4. The highest BCUT2D eigenvalue weighted by atomic mass is 16.5. The van der Waals surface area contributed by atoms with Crippen LogP contribution in [-0.2, 0) is 0 Å². The summed E-state index contributed by atoms with van der Waals surface area (Å²) in [4.78, 5) is 21.2. The molecule has 4 rings (SSSR count). The molecule has 3 aromatic rings. The van der Waals surface area contributed by atoms with Crippen LogP contribution in [0, 0.1) is 0 Å². The van der Waals surface area contributed by atoms with Gasteiger partial charge in [0.15, 0.2) is 0 Å². The molecule has 0 bridgehead atoms. The molecule has 0 unspecified atom stereocenters. The summed E-state index contributed by atoms with van der Waals surface area (Å²) in [7, 11) is 3.14. The molecule has 8 heteroatoms. The van der Waals surface area contributed by atoms with Gasteiger partial charge in [0.25, 0.3) is 5.91 Å². The van der Waals surface area contributed by atoms with Crippen molar-refractivity contribution < 1.29 is 19.0 Å².